The van der Waals surface area contributed by atoms with E-state index in [0.29, 0.717) is 5.56 Å². The fourth-order valence-corrected chi connectivity index (χ4v) is 2.54. The van der Waals surface area contributed by atoms with E-state index in [1.807, 2.05) is 0 Å². The van der Waals surface area contributed by atoms with E-state index in [9.17, 15) is 19.3 Å². The van der Waals surface area contributed by atoms with Gasteiger partial charge in [0.15, 0.2) is 5.11 Å². The van der Waals surface area contributed by atoms with Gasteiger partial charge in [-0.1, -0.05) is 12.1 Å². The second-order valence-corrected chi connectivity index (χ2v) is 5.32. The molecule has 0 aliphatic carbocycles. The first-order valence-corrected chi connectivity index (χ1v) is 7.24. The Bertz CT molecular complexity index is 880. The van der Waals surface area contributed by atoms with Gasteiger partial charge in [-0.05, 0) is 48.1 Å². The average Bonchev–Trinajstić information content (AvgIpc) is 2.83. The van der Waals surface area contributed by atoms with Gasteiger partial charge in [0.1, 0.15) is 11.5 Å². The molecule has 0 radical (unpaired) electrons. The Kier molecular flexibility index (Phi) is 4.05. The van der Waals surface area contributed by atoms with Crippen molar-refractivity contribution in [1.82, 2.24) is 5.32 Å². The highest BCUT2D eigenvalue weighted by Crippen LogP contribution is 2.25. The fourth-order valence-electron chi connectivity index (χ4n) is 2.25. The summed E-state index contributed by atoms with van der Waals surface area (Å²) in [5.74, 6) is -1.06. The van der Waals surface area contributed by atoms with E-state index in [0.717, 1.165) is 4.90 Å². The standard InChI is InChI=1S/C16H10FN3O3S/c17-12-3-1-2-4-14(12)19-15(21)13(18-16(19)24)9-10-5-7-11(8-6-10)20(22)23/h1-9H,(H,18,24)/b13-9-. The van der Waals surface area contributed by atoms with Gasteiger partial charge in [0, 0.05) is 12.1 Å². The Hall–Kier alpha value is -3.13. The number of nitro benzene ring substituents is 1. The first-order valence-electron chi connectivity index (χ1n) is 6.83. The highest BCUT2D eigenvalue weighted by Gasteiger charge is 2.33. The third-order valence-electron chi connectivity index (χ3n) is 3.39. The largest absolute Gasteiger partial charge is 0.327 e. The molecule has 0 aromatic heterocycles. The van der Waals surface area contributed by atoms with Gasteiger partial charge < -0.3 is 5.32 Å². The molecule has 1 saturated heterocycles. The van der Waals surface area contributed by atoms with Crippen molar-refractivity contribution in [3.63, 3.8) is 0 Å². The molecule has 2 aromatic carbocycles. The quantitative estimate of drug-likeness (QED) is 0.401. The second-order valence-electron chi connectivity index (χ2n) is 4.93. The molecule has 1 fully saturated rings. The molecule has 0 spiro atoms. The van der Waals surface area contributed by atoms with Gasteiger partial charge in [-0.15, -0.1) is 0 Å². The minimum absolute atomic E-state index is 0.0497. The molecule has 0 saturated carbocycles. The van der Waals surface area contributed by atoms with Gasteiger partial charge in [0.2, 0.25) is 0 Å². The number of rotatable bonds is 3. The smallest absolute Gasteiger partial charge is 0.281 e. The number of nitrogens with one attached hydrogen (secondary N) is 1. The molecule has 24 heavy (non-hydrogen) atoms. The van der Waals surface area contributed by atoms with E-state index in [1.165, 1.54) is 48.5 Å². The molecule has 1 N–H and O–H groups in total. The summed E-state index contributed by atoms with van der Waals surface area (Å²) in [6, 6.07) is 11.5. The van der Waals surface area contributed by atoms with Crippen molar-refractivity contribution < 1.29 is 14.1 Å². The number of benzene rings is 2. The zero-order valence-electron chi connectivity index (χ0n) is 12.1. The van der Waals surface area contributed by atoms with Crippen LogP contribution in [-0.4, -0.2) is 15.9 Å². The van der Waals surface area contributed by atoms with Crippen molar-refractivity contribution >= 4 is 40.7 Å². The molecular formula is C16H10FN3O3S. The molecule has 0 atom stereocenters. The van der Waals surface area contributed by atoms with Gasteiger partial charge in [-0.3, -0.25) is 14.9 Å². The third kappa shape index (κ3) is 2.86. The first kappa shape index (κ1) is 15.8. The number of hydrogen-bond donors (Lipinski definition) is 1. The normalized spacial score (nSPS) is 15.7. The van der Waals surface area contributed by atoms with E-state index in [-0.39, 0.29) is 22.2 Å². The number of nitro groups is 1. The lowest BCUT2D eigenvalue weighted by Gasteiger charge is -2.14. The summed E-state index contributed by atoms with van der Waals surface area (Å²) in [6.45, 7) is 0. The molecule has 2 aromatic rings. The number of hydrogen-bond acceptors (Lipinski definition) is 4. The van der Waals surface area contributed by atoms with Crippen molar-refractivity contribution in [2.75, 3.05) is 4.90 Å². The minimum Gasteiger partial charge on any atom is -0.327 e. The van der Waals surface area contributed by atoms with Crippen LogP contribution in [-0.2, 0) is 4.79 Å². The van der Waals surface area contributed by atoms with Crippen LogP contribution >= 0.6 is 12.2 Å². The Labute approximate surface area is 141 Å². The van der Waals surface area contributed by atoms with Crippen molar-refractivity contribution in [2.24, 2.45) is 0 Å². The van der Waals surface area contributed by atoms with Crippen LogP contribution in [0.25, 0.3) is 6.08 Å². The van der Waals surface area contributed by atoms with Gasteiger partial charge in [0.05, 0.1) is 10.6 Å². The topological polar surface area (TPSA) is 75.5 Å². The number of non-ortho nitro benzene ring substituents is 1. The SMILES string of the molecule is O=C1/C(=C/c2ccc([N+](=O)[O-])cc2)NC(=S)N1c1ccccc1F. The predicted octanol–water partition coefficient (Wildman–Crippen LogP) is 3.00. The lowest BCUT2D eigenvalue weighted by atomic mass is 10.1. The van der Waals surface area contributed by atoms with E-state index in [2.05, 4.69) is 5.32 Å². The van der Waals surface area contributed by atoms with Crippen LogP contribution in [0.3, 0.4) is 0 Å². The third-order valence-corrected chi connectivity index (χ3v) is 3.67. The summed E-state index contributed by atoms with van der Waals surface area (Å²) in [7, 11) is 0. The zero-order chi connectivity index (χ0) is 17.3. The molecule has 1 aliphatic rings. The van der Waals surface area contributed by atoms with E-state index in [4.69, 9.17) is 12.2 Å². The number of anilines is 1. The second kappa shape index (κ2) is 6.17. The van der Waals surface area contributed by atoms with Crippen LogP contribution < -0.4 is 10.2 Å². The molecule has 6 nitrogen and oxygen atoms in total. The highest BCUT2D eigenvalue weighted by molar-refractivity contribution is 7.80. The van der Waals surface area contributed by atoms with Gasteiger partial charge in [0.25, 0.3) is 11.6 Å². The molecule has 0 unspecified atom stereocenters. The van der Waals surface area contributed by atoms with Crippen LogP contribution in [0.5, 0.6) is 0 Å². The van der Waals surface area contributed by atoms with Crippen LogP contribution in [0.15, 0.2) is 54.2 Å². The number of nitrogens with zero attached hydrogens (tertiary/aromatic N) is 2. The zero-order valence-corrected chi connectivity index (χ0v) is 12.9. The Morgan fingerprint density at radius 3 is 2.46 bits per heavy atom. The minimum atomic E-state index is -0.563. The molecule has 0 bridgehead atoms. The maximum Gasteiger partial charge on any atom is 0.281 e. The molecule has 1 heterocycles. The molecule has 1 aliphatic heterocycles. The lowest BCUT2D eigenvalue weighted by Crippen LogP contribution is -2.31. The van der Waals surface area contributed by atoms with Crippen molar-refractivity contribution in [1.29, 1.82) is 0 Å². The molecule has 1 amide bonds. The summed E-state index contributed by atoms with van der Waals surface area (Å²) < 4.78 is 13.9. The summed E-state index contributed by atoms with van der Waals surface area (Å²) in [4.78, 5) is 23.7. The Balaban J connectivity index is 1.91. The Morgan fingerprint density at radius 2 is 1.83 bits per heavy atom. The summed E-state index contributed by atoms with van der Waals surface area (Å²) in [5, 5.41) is 13.4. The van der Waals surface area contributed by atoms with Crippen LogP contribution in [0.1, 0.15) is 5.56 Å². The van der Waals surface area contributed by atoms with Crippen LogP contribution in [0, 0.1) is 15.9 Å². The van der Waals surface area contributed by atoms with Crippen LogP contribution in [0.2, 0.25) is 0 Å². The molecular weight excluding hydrogens is 333 g/mol. The van der Waals surface area contributed by atoms with Gasteiger partial charge >= 0.3 is 0 Å². The first-order chi connectivity index (χ1) is 11.5. The number of carbonyl (C=O) groups is 1. The van der Waals surface area contributed by atoms with E-state index >= 15 is 0 Å². The lowest BCUT2D eigenvalue weighted by molar-refractivity contribution is -0.384. The number of amides is 1. The number of para-hydroxylation sites is 1. The Morgan fingerprint density at radius 1 is 1.17 bits per heavy atom. The maximum absolute atomic E-state index is 13.9. The average molecular weight is 343 g/mol. The highest BCUT2D eigenvalue weighted by atomic mass is 32.1. The molecule has 8 heteroatoms. The van der Waals surface area contributed by atoms with Gasteiger partial charge in [-0.2, -0.15) is 0 Å². The number of thiocarbonyl (C=S) groups is 1. The van der Waals surface area contributed by atoms with E-state index in [1.54, 1.807) is 6.07 Å². The van der Waals surface area contributed by atoms with Crippen molar-refractivity contribution in [3.05, 3.63) is 75.7 Å². The molecule has 120 valence electrons. The predicted molar refractivity (Wildman–Crippen MR) is 90.7 cm³/mol. The van der Waals surface area contributed by atoms with Crippen molar-refractivity contribution in [3.8, 4) is 0 Å². The molecule has 3 rings (SSSR count). The monoisotopic (exact) mass is 343 g/mol. The summed E-state index contributed by atoms with van der Waals surface area (Å²) in [5.41, 5.74) is 0.755. The summed E-state index contributed by atoms with van der Waals surface area (Å²) >= 11 is 5.10. The number of halogens is 1. The fraction of sp³-hybridized carbons (Fsp3) is 0. The van der Waals surface area contributed by atoms with Gasteiger partial charge in [-0.25, -0.2) is 9.29 Å². The summed E-state index contributed by atoms with van der Waals surface area (Å²) in [6.07, 6.45) is 1.50. The van der Waals surface area contributed by atoms with Crippen LogP contribution in [0.4, 0.5) is 15.8 Å². The van der Waals surface area contributed by atoms with Crippen molar-refractivity contribution in [2.45, 2.75) is 0 Å². The van der Waals surface area contributed by atoms with E-state index < -0.39 is 16.6 Å². The maximum atomic E-state index is 13.9. The number of carbonyl (C=O) groups excluding carboxylic acids is 1.